The van der Waals surface area contributed by atoms with Gasteiger partial charge in [-0.25, -0.2) is 5.43 Å². The fourth-order valence-electron chi connectivity index (χ4n) is 2.42. The highest BCUT2D eigenvalue weighted by Crippen LogP contribution is 2.07. The number of amides is 1. The lowest BCUT2D eigenvalue weighted by molar-refractivity contribution is -0.121. The van der Waals surface area contributed by atoms with Crippen molar-refractivity contribution in [3.8, 4) is 0 Å². The monoisotopic (exact) mass is 308 g/mol. The second-order valence-corrected chi connectivity index (χ2v) is 5.55. The number of benzene rings is 2. The summed E-state index contributed by atoms with van der Waals surface area (Å²) in [5.41, 5.74) is 5.97. The normalized spacial score (nSPS) is 11.3. The van der Waals surface area contributed by atoms with Gasteiger partial charge < -0.3 is 0 Å². The molecular formula is C20H24N2O. The Hall–Kier alpha value is -2.42. The summed E-state index contributed by atoms with van der Waals surface area (Å²) in [6.45, 7) is 2.11. The zero-order chi connectivity index (χ0) is 16.3. The van der Waals surface area contributed by atoms with Crippen molar-refractivity contribution in [1.82, 2.24) is 5.43 Å². The molecule has 0 aliphatic rings. The van der Waals surface area contributed by atoms with Crippen LogP contribution >= 0.6 is 0 Å². The van der Waals surface area contributed by atoms with Gasteiger partial charge in [-0.3, -0.25) is 4.79 Å². The van der Waals surface area contributed by atoms with E-state index in [4.69, 9.17) is 0 Å². The molecule has 0 saturated heterocycles. The van der Waals surface area contributed by atoms with Crippen molar-refractivity contribution in [3.05, 3.63) is 71.8 Å². The zero-order valence-corrected chi connectivity index (χ0v) is 13.7. The third kappa shape index (κ3) is 6.07. The predicted octanol–water partition coefficient (Wildman–Crippen LogP) is 4.33. The van der Waals surface area contributed by atoms with Crippen LogP contribution in [-0.4, -0.2) is 11.6 Å². The van der Waals surface area contributed by atoms with E-state index in [9.17, 15) is 4.79 Å². The van der Waals surface area contributed by atoms with Crippen LogP contribution in [0.2, 0.25) is 0 Å². The van der Waals surface area contributed by atoms with Gasteiger partial charge in [-0.15, -0.1) is 0 Å². The van der Waals surface area contributed by atoms with Gasteiger partial charge >= 0.3 is 0 Å². The number of hydrazone groups is 1. The summed E-state index contributed by atoms with van der Waals surface area (Å²) >= 11 is 0. The summed E-state index contributed by atoms with van der Waals surface area (Å²) in [7, 11) is 0. The maximum atomic E-state index is 12.0. The number of carbonyl (C=O) groups excluding carboxylic acids is 1. The van der Waals surface area contributed by atoms with Crippen LogP contribution in [0.3, 0.4) is 0 Å². The first-order chi connectivity index (χ1) is 11.3. The Labute approximate surface area is 138 Å². The Kier molecular flexibility index (Phi) is 7.05. The highest BCUT2D eigenvalue weighted by molar-refractivity contribution is 6.01. The molecule has 2 aromatic rings. The highest BCUT2D eigenvalue weighted by atomic mass is 16.2. The molecule has 2 aromatic carbocycles. The molecule has 3 heteroatoms. The lowest BCUT2D eigenvalue weighted by atomic mass is 10.1. The van der Waals surface area contributed by atoms with E-state index in [0.717, 1.165) is 37.0 Å². The second-order valence-electron chi connectivity index (χ2n) is 5.55. The van der Waals surface area contributed by atoms with Crippen molar-refractivity contribution >= 4 is 11.6 Å². The Bertz CT molecular complexity index is 621. The second kappa shape index (κ2) is 9.57. The van der Waals surface area contributed by atoms with Gasteiger partial charge in [0.2, 0.25) is 5.91 Å². The van der Waals surface area contributed by atoms with Gasteiger partial charge in [0.15, 0.2) is 0 Å². The molecule has 0 aliphatic carbocycles. The number of aryl methyl sites for hydroxylation is 1. The van der Waals surface area contributed by atoms with Crippen molar-refractivity contribution in [2.24, 2.45) is 5.10 Å². The third-order valence-electron chi connectivity index (χ3n) is 3.62. The number of hydrogen-bond acceptors (Lipinski definition) is 2. The van der Waals surface area contributed by atoms with Crippen LogP contribution in [0.15, 0.2) is 65.8 Å². The Morgan fingerprint density at radius 2 is 1.61 bits per heavy atom. The molecule has 0 unspecified atom stereocenters. The molecule has 0 radical (unpaired) electrons. The number of nitrogens with zero attached hydrogens (tertiary/aromatic N) is 1. The number of hydrogen-bond donors (Lipinski definition) is 1. The van der Waals surface area contributed by atoms with Crippen LogP contribution in [-0.2, 0) is 11.2 Å². The Balaban J connectivity index is 1.83. The molecule has 0 atom stereocenters. The van der Waals surface area contributed by atoms with Crippen LogP contribution in [0, 0.1) is 0 Å². The molecule has 0 bridgehead atoms. The Morgan fingerprint density at radius 3 is 2.26 bits per heavy atom. The molecule has 0 fully saturated rings. The van der Waals surface area contributed by atoms with Crippen molar-refractivity contribution in [2.45, 2.75) is 39.0 Å². The summed E-state index contributed by atoms with van der Waals surface area (Å²) in [4.78, 5) is 12.0. The van der Waals surface area contributed by atoms with Crippen molar-refractivity contribution in [2.75, 3.05) is 0 Å². The first-order valence-corrected chi connectivity index (χ1v) is 8.24. The topological polar surface area (TPSA) is 41.5 Å². The van der Waals surface area contributed by atoms with Gasteiger partial charge in [0.05, 0.1) is 5.71 Å². The van der Waals surface area contributed by atoms with E-state index in [0.29, 0.717) is 6.42 Å². The molecule has 2 rings (SSSR count). The summed E-state index contributed by atoms with van der Waals surface area (Å²) in [6.07, 6.45) is 4.09. The SMILES string of the molecule is CCCC(=NNC(=O)CCCc1ccccc1)c1ccccc1. The lowest BCUT2D eigenvalue weighted by Gasteiger charge is -2.06. The highest BCUT2D eigenvalue weighted by Gasteiger charge is 2.04. The first-order valence-electron chi connectivity index (χ1n) is 8.24. The van der Waals surface area contributed by atoms with E-state index in [1.54, 1.807) is 0 Å². The van der Waals surface area contributed by atoms with Gasteiger partial charge in [0.25, 0.3) is 0 Å². The molecule has 1 N–H and O–H groups in total. The van der Waals surface area contributed by atoms with E-state index in [-0.39, 0.29) is 5.91 Å². The zero-order valence-electron chi connectivity index (χ0n) is 13.7. The van der Waals surface area contributed by atoms with Crippen molar-refractivity contribution in [1.29, 1.82) is 0 Å². The van der Waals surface area contributed by atoms with E-state index in [2.05, 4.69) is 29.6 Å². The summed E-state index contributed by atoms with van der Waals surface area (Å²) in [5.74, 6) is -0.0227. The Morgan fingerprint density at radius 1 is 0.957 bits per heavy atom. The quantitative estimate of drug-likeness (QED) is 0.572. The molecule has 0 aromatic heterocycles. The van der Waals surface area contributed by atoms with Gasteiger partial charge in [-0.1, -0.05) is 74.0 Å². The van der Waals surface area contributed by atoms with Gasteiger partial charge in [0.1, 0.15) is 0 Å². The fraction of sp³-hybridized carbons (Fsp3) is 0.300. The van der Waals surface area contributed by atoms with Gasteiger partial charge in [0, 0.05) is 6.42 Å². The minimum Gasteiger partial charge on any atom is -0.273 e. The number of nitrogens with one attached hydrogen (secondary N) is 1. The predicted molar refractivity (Wildman–Crippen MR) is 95.4 cm³/mol. The minimum atomic E-state index is -0.0227. The maximum Gasteiger partial charge on any atom is 0.240 e. The molecular weight excluding hydrogens is 284 g/mol. The van der Waals surface area contributed by atoms with E-state index >= 15 is 0 Å². The van der Waals surface area contributed by atoms with E-state index < -0.39 is 0 Å². The van der Waals surface area contributed by atoms with Crippen LogP contribution in [0.25, 0.3) is 0 Å². The molecule has 23 heavy (non-hydrogen) atoms. The van der Waals surface area contributed by atoms with Crippen LogP contribution in [0.5, 0.6) is 0 Å². The minimum absolute atomic E-state index is 0.0227. The molecule has 0 saturated carbocycles. The summed E-state index contributed by atoms with van der Waals surface area (Å²) in [6, 6.07) is 20.2. The van der Waals surface area contributed by atoms with Crippen molar-refractivity contribution < 1.29 is 4.79 Å². The van der Waals surface area contributed by atoms with Gasteiger partial charge in [-0.05, 0) is 30.4 Å². The summed E-state index contributed by atoms with van der Waals surface area (Å²) in [5, 5.41) is 4.33. The molecule has 1 amide bonds. The number of carbonyl (C=O) groups is 1. The molecule has 0 spiro atoms. The molecule has 120 valence electrons. The molecule has 0 aliphatic heterocycles. The van der Waals surface area contributed by atoms with Gasteiger partial charge in [-0.2, -0.15) is 5.10 Å². The smallest absolute Gasteiger partial charge is 0.240 e. The van der Waals surface area contributed by atoms with Crippen LogP contribution in [0.4, 0.5) is 0 Å². The van der Waals surface area contributed by atoms with Crippen LogP contribution < -0.4 is 5.43 Å². The fourth-order valence-corrected chi connectivity index (χ4v) is 2.42. The average molecular weight is 308 g/mol. The van der Waals surface area contributed by atoms with E-state index in [1.165, 1.54) is 5.56 Å². The molecule has 0 heterocycles. The molecule has 3 nitrogen and oxygen atoms in total. The largest absolute Gasteiger partial charge is 0.273 e. The van der Waals surface area contributed by atoms with Crippen molar-refractivity contribution in [3.63, 3.8) is 0 Å². The third-order valence-corrected chi connectivity index (χ3v) is 3.62. The maximum absolute atomic E-state index is 12.0. The number of rotatable bonds is 8. The van der Waals surface area contributed by atoms with Crippen LogP contribution in [0.1, 0.15) is 43.7 Å². The van der Waals surface area contributed by atoms with E-state index in [1.807, 2.05) is 48.5 Å². The average Bonchev–Trinajstić information content (AvgIpc) is 2.60. The lowest BCUT2D eigenvalue weighted by Crippen LogP contribution is -2.20. The first kappa shape index (κ1) is 16.9. The standard InChI is InChI=1S/C20H24N2O/c1-2-10-19(18-14-7-4-8-15-18)21-22-20(23)16-9-13-17-11-5-3-6-12-17/h3-8,11-12,14-15H,2,9-10,13,16H2,1H3,(H,22,23). The summed E-state index contributed by atoms with van der Waals surface area (Å²) < 4.78 is 0.